The quantitative estimate of drug-likeness (QED) is 0.298. The summed E-state index contributed by atoms with van der Waals surface area (Å²) in [6, 6.07) is 17.7. The van der Waals surface area contributed by atoms with Gasteiger partial charge in [0.2, 0.25) is 0 Å². The van der Waals surface area contributed by atoms with Gasteiger partial charge in [0.1, 0.15) is 6.04 Å². The lowest BCUT2D eigenvalue weighted by Gasteiger charge is -2.15. The highest BCUT2D eigenvalue weighted by Gasteiger charge is 2.20. The average molecular weight is 448 g/mol. The molecular formula is C25H29N5O3. The van der Waals surface area contributed by atoms with Gasteiger partial charge in [-0.25, -0.2) is 4.79 Å². The summed E-state index contributed by atoms with van der Waals surface area (Å²) in [5.41, 5.74) is 3.34. The van der Waals surface area contributed by atoms with Gasteiger partial charge >= 0.3 is 5.97 Å². The molecule has 0 spiro atoms. The smallest absolute Gasteiger partial charge is 0.326 e. The van der Waals surface area contributed by atoms with Crippen molar-refractivity contribution >= 4 is 11.9 Å². The van der Waals surface area contributed by atoms with E-state index in [0.717, 1.165) is 17.0 Å². The Morgan fingerprint density at radius 3 is 2.03 bits per heavy atom. The van der Waals surface area contributed by atoms with Gasteiger partial charge in [-0.15, -0.1) is 0 Å². The van der Waals surface area contributed by atoms with Crippen molar-refractivity contribution in [2.75, 3.05) is 6.54 Å². The van der Waals surface area contributed by atoms with Crippen molar-refractivity contribution in [1.29, 1.82) is 0 Å². The van der Waals surface area contributed by atoms with Crippen LogP contribution in [0, 0.1) is 0 Å². The maximum absolute atomic E-state index is 12.5. The number of carboxylic acid groups (broad SMARTS) is 1. The van der Waals surface area contributed by atoms with Gasteiger partial charge in [-0.3, -0.25) is 14.8 Å². The zero-order chi connectivity index (χ0) is 23.3. The third-order valence-electron chi connectivity index (χ3n) is 5.06. The minimum atomic E-state index is -1.04. The Bertz CT molecular complexity index is 998. The summed E-state index contributed by atoms with van der Waals surface area (Å²) in [5.74, 6) is -1.43. The van der Waals surface area contributed by atoms with Gasteiger partial charge in [-0.1, -0.05) is 24.3 Å². The Balaban J connectivity index is 1.40. The Labute approximate surface area is 193 Å². The molecule has 1 atom stereocenters. The van der Waals surface area contributed by atoms with E-state index < -0.39 is 17.9 Å². The maximum Gasteiger partial charge on any atom is 0.326 e. The number of rotatable bonds is 13. The van der Waals surface area contributed by atoms with Gasteiger partial charge in [0.25, 0.3) is 5.91 Å². The van der Waals surface area contributed by atoms with Crippen LogP contribution in [0.5, 0.6) is 0 Å². The van der Waals surface area contributed by atoms with Crippen molar-refractivity contribution in [1.82, 2.24) is 25.9 Å². The Morgan fingerprint density at radius 1 is 0.818 bits per heavy atom. The number of hydrogen-bond acceptors (Lipinski definition) is 6. The molecule has 0 radical (unpaired) electrons. The first-order valence-electron chi connectivity index (χ1n) is 11.0. The van der Waals surface area contributed by atoms with Crippen molar-refractivity contribution in [3.05, 3.63) is 95.6 Å². The number of nitrogens with one attached hydrogen (secondary N) is 3. The summed E-state index contributed by atoms with van der Waals surface area (Å²) >= 11 is 0. The summed E-state index contributed by atoms with van der Waals surface area (Å²) in [7, 11) is 0. The van der Waals surface area contributed by atoms with Crippen molar-refractivity contribution < 1.29 is 14.7 Å². The van der Waals surface area contributed by atoms with Crippen LogP contribution in [0.4, 0.5) is 0 Å². The number of carbonyl (C=O) groups excluding carboxylic acids is 1. The third-order valence-corrected chi connectivity index (χ3v) is 5.06. The van der Waals surface area contributed by atoms with Crippen LogP contribution in [0.15, 0.2) is 73.1 Å². The SMILES string of the molecule is O=C(NC(CCCNCc1ccccn1)C(=O)O)c1ccc(CNCc2ccccn2)cc1. The van der Waals surface area contributed by atoms with Crippen LogP contribution in [0.2, 0.25) is 0 Å². The second-order valence-electron chi connectivity index (χ2n) is 7.63. The molecule has 4 N–H and O–H groups in total. The fourth-order valence-corrected chi connectivity index (χ4v) is 3.26. The zero-order valence-corrected chi connectivity index (χ0v) is 18.4. The highest BCUT2D eigenvalue weighted by Crippen LogP contribution is 2.07. The van der Waals surface area contributed by atoms with Crippen molar-refractivity contribution in [3.8, 4) is 0 Å². The number of nitrogens with zero attached hydrogens (tertiary/aromatic N) is 2. The van der Waals surface area contributed by atoms with E-state index in [9.17, 15) is 14.7 Å². The van der Waals surface area contributed by atoms with Gasteiger partial charge in [0.05, 0.1) is 11.4 Å². The number of amides is 1. The Hall–Kier alpha value is -3.62. The van der Waals surface area contributed by atoms with Crippen molar-refractivity contribution in [3.63, 3.8) is 0 Å². The van der Waals surface area contributed by atoms with E-state index in [1.54, 1.807) is 24.5 Å². The summed E-state index contributed by atoms with van der Waals surface area (Å²) in [6.45, 7) is 2.55. The summed E-state index contributed by atoms with van der Waals surface area (Å²) < 4.78 is 0. The first-order chi connectivity index (χ1) is 16.1. The molecule has 172 valence electrons. The van der Waals surface area contributed by atoms with E-state index in [1.165, 1.54) is 0 Å². The molecule has 1 amide bonds. The van der Waals surface area contributed by atoms with Gasteiger partial charge in [0, 0.05) is 37.6 Å². The molecule has 0 fully saturated rings. The Kier molecular flexibility index (Phi) is 9.50. The van der Waals surface area contributed by atoms with E-state index in [0.29, 0.717) is 44.6 Å². The molecule has 3 aromatic rings. The molecule has 8 heteroatoms. The lowest BCUT2D eigenvalue weighted by molar-refractivity contribution is -0.139. The molecule has 2 heterocycles. The number of pyridine rings is 2. The molecule has 0 saturated heterocycles. The molecule has 0 saturated carbocycles. The summed E-state index contributed by atoms with van der Waals surface area (Å²) in [4.78, 5) is 32.6. The minimum absolute atomic E-state index is 0.339. The van der Waals surface area contributed by atoms with Crippen LogP contribution in [-0.4, -0.2) is 39.5 Å². The largest absolute Gasteiger partial charge is 0.480 e. The molecular weight excluding hydrogens is 418 g/mol. The number of aliphatic carboxylic acids is 1. The highest BCUT2D eigenvalue weighted by atomic mass is 16.4. The predicted molar refractivity (Wildman–Crippen MR) is 125 cm³/mol. The van der Waals surface area contributed by atoms with E-state index in [2.05, 4.69) is 25.9 Å². The van der Waals surface area contributed by atoms with E-state index >= 15 is 0 Å². The molecule has 33 heavy (non-hydrogen) atoms. The fourth-order valence-electron chi connectivity index (χ4n) is 3.26. The molecule has 3 rings (SSSR count). The van der Waals surface area contributed by atoms with Gasteiger partial charge in [0.15, 0.2) is 0 Å². The lowest BCUT2D eigenvalue weighted by Crippen LogP contribution is -2.41. The molecule has 1 aromatic carbocycles. The normalized spacial score (nSPS) is 11.6. The third kappa shape index (κ3) is 8.44. The molecule has 0 aliphatic heterocycles. The number of carbonyl (C=O) groups is 2. The van der Waals surface area contributed by atoms with Crippen LogP contribution >= 0.6 is 0 Å². The van der Waals surface area contributed by atoms with Crippen LogP contribution in [-0.2, 0) is 24.4 Å². The minimum Gasteiger partial charge on any atom is -0.480 e. The van der Waals surface area contributed by atoms with Crippen LogP contribution in [0.3, 0.4) is 0 Å². The van der Waals surface area contributed by atoms with Crippen molar-refractivity contribution in [2.45, 2.75) is 38.5 Å². The van der Waals surface area contributed by atoms with Gasteiger partial charge in [-0.05, 0) is 61.3 Å². The molecule has 0 bridgehead atoms. The van der Waals surface area contributed by atoms with E-state index in [1.807, 2.05) is 48.5 Å². The van der Waals surface area contributed by atoms with Crippen LogP contribution in [0.25, 0.3) is 0 Å². The molecule has 2 aromatic heterocycles. The average Bonchev–Trinajstić information content (AvgIpc) is 2.84. The molecule has 0 aliphatic rings. The highest BCUT2D eigenvalue weighted by molar-refractivity contribution is 5.96. The maximum atomic E-state index is 12.5. The number of carboxylic acids is 1. The first-order valence-corrected chi connectivity index (χ1v) is 11.0. The van der Waals surface area contributed by atoms with Crippen LogP contribution < -0.4 is 16.0 Å². The monoisotopic (exact) mass is 447 g/mol. The lowest BCUT2D eigenvalue weighted by atomic mass is 10.1. The topological polar surface area (TPSA) is 116 Å². The van der Waals surface area contributed by atoms with Crippen molar-refractivity contribution in [2.24, 2.45) is 0 Å². The standard InChI is InChI=1S/C25H29N5O3/c31-24(20-11-9-19(10-12-20)16-27-18-22-7-2-4-15-29-22)30-23(25(32)33)8-5-13-26-17-21-6-1-3-14-28-21/h1-4,6-7,9-12,14-15,23,26-27H,5,8,13,16-18H2,(H,30,31)(H,32,33). The second kappa shape index (κ2) is 13.0. The molecule has 0 aliphatic carbocycles. The van der Waals surface area contributed by atoms with Crippen LogP contribution in [0.1, 0.15) is 40.2 Å². The number of aromatic nitrogens is 2. The number of benzene rings is 1. The van der Waals surface area contributed by atoms with E-state index in [4.69, 9.17) is 0 Å². The predicted octanol–water partition coefficient (Wildman–Crippen LogP) is 2.52. The van der Waals surface area contributed by atoms with Gasteiger partial charge < -0.3 is 21.1 Å². The molecule has 8 nitrogen and oxygen atoms in total. The summed E-state index contributed by atoms with van der Waals surface area (Å²) in [6.07, 6.45) is 4.45. The second-order valence-corrected chi connectivity index (χ2v) is 7.63. The summed E-state index contributed by atoms with van der Waals surface area (Å²) in [5, 5.41) is 18.6. The fraction of sp³-hybridized carbons (Fsp3) is 0.280. The zero-order valence-electron chi connectivity index (χ0n) is 18.4. The van der Waals surface area contributed by atoms with E-state index in [-0.39, 0.29) is 0 Å². The first kappa shape index (κ1) is 24.0. The number of hydrogen-bond donors (Lipinski definition) is 4. The van der Waals surface area contributed by atoms with Gasteiger partial charge in [-0.2, -0.15) is 0 Å². The molecule has 1 unspecified atom stereocenters. The Morgan fingerprint density at radius 2 is 1.45 bits per heavy atom.